The normalized spacial score (nSPS) is 10.7. The number of rotatable bonds is 9. The lowest BCUT2D eigenvalue weighted by molar-refractivity contribution is 0.0939. The smallest absolute Gasteiger partial charge is 0.275 e. The summed E-state index contributed by atoms with van der Waals surface area (Å²) in [5.74, 6) is 0.0808. The molecular formula is C18H24ClN5O2. The summed E-state index contributed by atoms with van der Waals surface area (Å²) in [5, 5.41) is 5.99. The summed E-state index contributed by atoms with van der Waals surface area (Å²) in [4.78, 5) is 23.1. The van der Waals surface area contributed by atoms with Crippen molar-refractivity contribution < 1.29 is 9.53 Å². The van der Waals surface area contributed by atoms with Gasteiger partial charge in [0.1, 0.15) is 0 Å². The molecule has 2 rings (SSSR count). The van der Waals surface area contributed by atoms with Crippen LogP contribution in [0.2, 0.25) is 5.15 Å². The molecule has 0 unspecified atom stereocenters. The largest absolute Gasteiger partial charge is 0.479 e. The third-order valence-electron chi connectivity index (χ3n) is 3.87. The summed E-state index contributed by atoms with van der Waals surface area (Å²) in [6, 6.07) is 9.43. The second-order valence-electron chi connectivity index (χ2n) is 5.49. The molecule has 26 heavy (non-hydrogen) atoms. The lowest BCUT2D eigenvalue weighted by atomic mass is 10.3. The number of benzene rings is 1. The van der Waals surface area contributed by atoms with Crippen molar-refractivity contribution in [1.29, 1.82) is 0 Å². The Hall–Kier alpha value is -2.38. The summed E-state index contributed by atoms with van der Waals surface area (Å²) >= 11 is 6.20. The van der Waals surface area contributed by atoms with E-state index in [0.29, 0.717) is 12.4 Å². The van der Waals surface area contributed by atoms with Gasteiger partial charge in [0, 0.05) is 18.8 Å². The Morgan fingerprint density at radius 2 is 1.88 bits per heavy atom. The first-order valence-electron chi connectivity index (χ1n) is 8.53. The molecule has 0 radical (unpaired) electrons. The van der Waals surface area contributed by atoms with Crippen molar-refractivity contribution in [3.63, 3.8) is 0 Å². The molecule has 0 aliphatic carbocycles. The van der Waals surface area contributed by atoms with Crippen LogP contribution in [-0.4, -0.2) is 54.1 Å². The highest BCUT2D eigenvalue weighted by Crippen LogP contribution is 2.26. The molecule has 1 aromatic carbocycles. The number of nitrogens with one attached hydrogen (secondary N) is 2. The molecule has 0 fully saturated rings. The molecule has 2 aromatic rings. The van der Waals surface area contributed by atoms with Crippen molar-refractivity contribution in [1.82, 2.24) is 20.2 Å². The van der Waals surface area contributed by atoms with Crippen LogP contribution < -0.4 is 15.4 Å². The molecule has 0 atom stereocenters. The van der Waals surface area contributed by atoms with Gasteiger partial charge >= 0.3 is 0 Å². The van der Waals surface area contributed by atoms with Crippen molar-refractivity contribution in [2.45, 2.75) is 13.8 Å². The number of hydrogen-bond acceptors (Lipinski definition) is 6. The maximum atomic E-state index is 12.4. The van der Waals surface area contributed by atoms with Crippen LogP contribution in [0.4, 0.5) is 11.5 Å². The third kappa shape index (κ3) is 5.31. The van der Waals surface area contributed by atoms with Gasteiger partial charge in [0.2, 0.25) is 5.88 Å². The molecule has 0 aliphatic rings. The Balaban J connectivity index is 2.11. The van der Waals surface area contributed by atoms with Gasteiger partial charge in [-0.25, -0.2) is 4.98 Å². The average Bonchev–Trinajstić information content (AvgIpc) is 2.67. The van der Waals surface area contributed by atoms with Crippen molar-refractivity contribution in [3.05, 3.63) is 41.2 Å². The Kier molecular flexibility index (Phi) is 7.62. The highest BCUT2D eigenvalue weighted by atomic mass is 35.5. The van der Waals surface area contributed by atoms with Gasteiger partial charge in [0.05, 0.1) is 7.11 Å². The van der Waals surface area contributed by atoms with E-state index >= 15 is 0 Å². The fraction of sp³-hybridized carbons (Fsp3) is 0.389. The van der Waals surface area contributed by atoms with Gasteiger partial charge in [0.15, 0.2) is 16.7 Å². The first-order chi connectivity index (χ1) is 12.6. The van der Waals surface area contributed by atoms with Crippen molar-refractivity contribution >= 4 is 29.0 Å². The Bertz CT molecular complexity index is 723. The molecular weight excluding hydrogens is 354 g/mol. The standard InChI is InChI=1S/C18H24ClN5O2/c1-4-24(5-2)12-11-20-17(25)14-18(26-3)23-16(15(19)22-14)21-13-9-7-6-8-10-13/h6-10H,4-5,11-12H2,1-3H3,(H,20,25)(H,21,23). The summed E-state index contributed by atoms with van der Waals surface area (Å²) in [5.41, 5.74) is 0.873. The maximum Gasteiger partial charge on any atom is 0.275 e. The quantitative estimate of drug-likeness (QED) is 0.699. The van der Waals surface area contributed by atoms with Crippen LogP contribution in [0.3, 0.4) is 0 Å². The van der Waals surface area contributed by atoms with Crippen molar-refractivity contribution in [2.24, 2.45) is 0 Å². The zero-order valence-electron chi connectivity index (χ0n) is 15.3. The Morgan fingerprint density at radius 3 is 2.50 bits per heavy atom. The lowest BCUT2D eigenvalue weighted by Gasteiger charge is -2.18. The minimum Gasteiger partial charge on any atom is -0.479 e. The Morgan fingerprint density at radius 1 is 1.19 bits per heavy atom. The minimum atomic E-state index is -0.366. The van der Waals surface area contributed by atoms with Crippen LogP contribution in [0.15, 0.2) is 30.3 Å². The molecule has 0 bridgehead atoms. The number of carbonyl (C=O) groups excluding carboxylic acids is 1. The molecule has 0 aliphatic heterocycles. The Labute approximate surface area is 158 Å². The first-order valence-corrected chi connectivity index (χ1v) is 8.91. The fourth-order valence-electron chi connectivity index (χ4n) is 2.38. The van der Waals surface area contributed by atoms with Gasteiger partial charge in [-0.05, 0) is 25.2 Å². The molecule has 1 amide bonds. The summed E-state index contributed by atoms with van der Waals surface area (Å²) < 4.78 is 5.23. The molecule has 7 nitrogen and oxygen atoms in total. The van der Waals surface area contributed by atoms with E-state index in [-0.39, 0.29) is 22.6 Å². The molecule has 8 heteroatoms. The monoisotopic (exact) mass is 377 g/mol. The van der Waals surface area contributed by atoms with Gasteiger partial charge < -0.3 is 20.3 Å². The average molecular weight is 378 g/mol. The van der Waals surface area contributed by atoms with Gasteiger partial charge in [-0.1, -0.05) is 43.6 Å². The molecule has 2 N–H and O–H groups in total. The molecule has 1 heterocycles. The number of para-hydroxylation sites is 1. The van der Waals surface area contributed by atoms with Crippen LogP contribution in [0.5, 0.6) is 5.88 Å². The number of ether oxygens (including phenoxy) is 1. The summed E-state index contributed by atoms with van der Waals surface area (Å²) in [6.07, 6.45) is 0. The van der Waals surface area contributed by atoms with E-state index in [2.05, 4.69) is 39.3 Å². The van der Waals surface area contributed by atoms with E-state index in [9.17, 15) is 4.79 Å². The van der Waals surface area contributed by atoms with Crippen molar-refractivity contribution in [3.8, 4) is 5.88 Å². The zero-order chi connectivity index (χ0) is 18.9. The van der Waals surface area contributed by atoms with E-state index in [1.54, 1.807) is 0 Å². The van der Waals surface area contributed by atoms with Crippen LogP contribution >= 0.6 is 11.6 Å². The van der Waals surface area contributed by atoms with Crippen LogP contribution in [-0.2, 0) is 0 Å². The van der Waals surface area contributed by atoms with E-state index in [0.717, 1.165) is 25.3 Å². The summed E-state index contributed by atoms with van der Waals surface area (Å²) in [6.45, 7) is 7.29. The predicted molar refractivity (Wildman–Crippen MR) is 103 cm³/mol. The number of nitrogens with zero attached hydrogens (tertiary/aromatic N) is 3. The van der Waals surface area contributed by atoms with Gasteiger partial charge in [0.25, 0.3) is 5.91 Å². The molecule has 0 saturated heterocycles. The fourth-order valence-corrected chi connectivity index (χ4v) is 2.55. The number of anilines is 2. The molecule has 0 saturated carbocycles. The second kappa shape index (κ2) is 9.94. The zero-order valence-corrected chi connectivity index (χ0v) is 16.0. The topological polar surface area (TPSA) is 79.4 Å². The van der Waals surface area contributed by atoms with E-state index in [4.69, 9.17) is 16.3 Å². The van der Waals surface area contributed by atoms with E-state index < -0.39 is 0 Å². The number of hydrogen-bond donors (Lipinski definition) is 2. The van der Waals surface area contributed by atoms with Crippen LogP contribution in [0.1, 0.15) is 24.3 Å². The third-order valence-corrected chi connectivity index (χ3v) is 4.14. The SMILES string of the molecule is CCN(CC)CCNC(=O)c1nc(Cl)c(Nc2ccccc2)nc1OC. The number of methoxy groups -OCH3 is 1. The number of carbonyl (C=O) groups is 1. The predicted octanol–water partition coefficient (Wildman–Crippen LogP) is 2.95. The van der Waals surface area contributed by atoms with Crippen LogP contribution in [0.25, 0.3) is 0 Å². The summed E-state index contributed by atoms with van der Waals surface area (Å²) in [7, 11) is 1.44. The molecule has 0 spiro atoms. The highest BCUT2D eigenvalue weighted by Gasteiger charge is 2.19. The van der Waals surface area contributed by atoms with E-state index in [1.165, 1.54) is 7.11 Å². The highest BCUT2D eigenvalue weighted by molar-refractivity contribution is 6.32. The lowest BCUT2D eigenvalue weighted by Crippen LogP contribution is -2.35. The number of aromatic nitrogens is 2. The maximum absolute atomic E-state index is 12.4. The van der Waals surface area contributed by atoms with Crippen molar-refractivity contribution in [2.75, 3.05) is 38.6 Å². The molecule has 140 valence electrons. The first kappa shape index (κ1) is 19.9. The van der Waals surface area contributed by atoms with Crippen LogP contribution in [0, 0.1) is 0 Å². The minimum absolute atomic E-state index is 0.0654. The number of likely N-dealkylation sites (N-methyl/N-ethyl adjacent to an activating group) is 1. The second-order valence-corrected chi connectivity index (χ2v) is 5.85. The van der Waals surface area contributed by atoms with E-state index in [1.807, 2.05) is 30.3 Å². The van der Waals surface area contributed by atoms with Gasteiger partial charge in [-0.15, -0.1) is 0 Å². The molecule has 1 aromatic heterocycles. The van der Waals surface area contributed by atoms with Gasteiger partial charge in [-0.2, -0.15) is 4.98 Å². The number of amides is 1. The van der Waals surface area contributed by atoms with Gasteiger partial charge in [-0.3, -0.25) is 4.79 Å². The number of halogens is 1.